The first-order chi connectivity index (χ1) is 8.81. The first-order valence-corrected chi connectivity index (χ1v) is 5.84. The Morgan fingerprint density at radius 3 is 2.22 bits per heavy atom. The number of anilines is 1. The molecule has 2 aromatic carbocycles. The molecule has 0 saturated carbocycles. The van der Waals surface area contributed by atoms with Gasteiger partial charge in [0.15, 0.2) is 0 Å². The Labute approximate surface area is 107 Å². The maximum absolute atomic E-state index is 10.5. The third-order valence-electron chi connectivity index (χ3n) is 2.81. The van der Waals surface area contributed by atoms with Crippen molar-refractivity contribution in [3.8, 4) is 0 Å². The molecule has 2 heteroatoms. The largest absolute Gasteiger partial charge is 0.328 e. The summed E-state index contributed by atoms with van der Waals surface area (Å²) >= 11 is 0. The highest BCUT2D eigenvalue weighted by Crippen LogP contribution is 2.18. The van der Waals surface area contributed by atoms with Crippen LogP contribution in [0, 0.1) is 6.92 Å². The van der Waals surface area contributed by atoms with E-state index in [1.54, 1.807) is 0 Å². The van der Waals surface area contributed by atoms with Crippen LogP contribution in [0.25, 0.3) is 12.2 Å². The molecule has 0 bridgehead atoms. The molecular weight excluding hydrogens is 222 g/mol. The number of amides is 1. The molecule has 0 aliphatic heterocycles. The highest BCUT2D eigenvalue weighted by molar-refractivity contribution is 5.82. The number of nitrogens with one attached hydrogen (secondary N) is 1. The predicted octanol–water partition coefficient (Wildman–Crippen LogP) is 3.73. The van der Waals surface area contributed by atoms with Gasteiger partial charge in [0, 0.05) is 5.69 Å². The second-order valence-electron chi connectivity index (χ2n) is 4.04. The van der Waals surface area contributed by atoms with Crippen molar-refractivity contribution in [2.24, 2.45) is 0 Å². The van der Waals surface area contributed by atoms with Crippen LogP contribution in [0.15, 0.2) is 48.5 Å². The third kappa shape index (κ3) is 2.86. The predicted molar refractivity (Wildman–Crippen MR) is 76.2 cm³/mol. The normalized spacial score (nSPS) is 10.5. The Balaban J connectivity index is 2.29. The van der Waals surface area contributed by atoms with Crippen molar-refractivity contribution >= 4 is 24.2 Å². The van der Waals surface area contributed by atoms with Crippen LogP contribution in [-0.4, -0.2) is 6.41 Å². The molecule has 1 amide bonds. The lowest BCUT2D eigenvalue weighted by atomic mass is 10.1. The molecule has 90 valence electrons. The summed E-state index contributed by atoms with van der Waals surface area (Å²) in [6.07, 6.45) is 4.76. The van der Waals surface area contributed by atoms with Gasteiger partial charge in [0.05, 0.1) is 0 Å². The van der Waals surface area contributed by atoms with Crippen LogP contribution in [0.4, 0.5) is 5.69 Å². The molecule has 18 heavy (non-hydrogen) atoms. The van der Waals surface area contributed by atoms with Crippen LogP contribution in [0.3, 0.4) is 0 Å². The van der Waals surface area contributed by atoms with Crippen molar-refractivity contribution < 1.29 is 4.79 Å². The van der Waals surface area contributed by atoms with Crippen molar-refractivity contribution in [1.29, 1.82) is 0 Å². The maximum atomic E-state index is 10.5. The second-order valence-corrected chi connectivity index (χ2v) is 4.04. The van der Waals surface area contributed by atoms with E-state index in [9.17, 15) is 4.79 Å². The van der Waals surface area contributed by atoms with E-state index in [-0.39, 0.29) is 0 Å². The van der Waals surface area contributed by atoms with Gasteiger partial charge in [0.2, 0.25) is 6.41 Å². The van der Waals surface area contributed by atoms with E-state index in [1.807, 2.05) is 42.5 Å². The van der Waals surface area contributed by atoms with Gasteiger partial charge in [-0.2, -0.15) is 0 Å². The van der Waals surface area contributed by atoms with Crippen LogP contribution in [0.2, 0.25) is 0 Å². The quantitative estimate of drug-likeness (QED) is 0.637. The molecule has 0 fully saturated rings. The Bertz CT molecular complexity index is 573. The van der Waals surface area contributed by atoms with E-state index in [0.717, 1.165) is 11.3 Å². The fourth-order valence-electron chi connectivity index (χ4n) is 1.79. The molecule has 0 heterocycles. The Hall–Kier alpha value is -2.35. The van der Waals surface area contributed by atoms with Gasteiger partial charge in [0.25, 0.3) is 0 Å². The minimum absolute atomic E-state index is 0.695. The minimum atomic E-state index is 0.695. The molecule has 0 radical (unpaired) electrons. The summed E-state index contributed by atoms with van der Waals surface area (Å²) in [7, 11) is 0. The molecule has 0 spiro atoms. The lowest BCUT2D eigenvalue weighted by molar-refractivity contribution is -0.105. The Kier molecular flexibility index (Phi) is 3.92. The van der Waals surface area contributed by atoms with Crippen molar-refractivity contribution in [2.45, 2.75) is 6.92 Å². The van der Waals surface area contributed by atoms with Gasteiger partial charge in [-0.15, -0.1) is 0 Å². The van der Waals surface area contributed by atoms with E-state index in [0.29, 0.717) is 6.41 Å². The number of hydrogen-bond donors (Lipinski definition) is 1. The molecule has 2 aromatic rings. The smallest absolute Gasteiger partial charge is 0.211 e. The number of hydrogen-bond acceptors (Lipinski definition) is 1. The molecular formula is C16H15NO. The van der Waals surface area contributed by atoms with Gasteiger partial charge in [-0.25, -0.2) is 0 Å². The lowest BCUT2D eigenvalue weighted by Crippen LogP contribution is -1.95. The third-order valence-corrected chi connectivity index (χ3v) is 2.81. The summed E-state index contributed by atoms with van der Waals surface area (Å²) in [5.41, 5.74) is 4.22. The number of aryl methyl sites for hydroxylation is 1. The molecule has 0 unspecified atom stereocenters. The molecule has 0 aromatic heterocycles. The molecule has 0 aliphatic carbocycles. The van der Waals surface area contributed by atoms with Crippen LogP contribution in [-0.2, 0) is 4.79 Å². The molecule has 2 nitrogen and oxygen atoms in total. The average Bonchev–Trinajstić information content (AvgIpc) is 2.40. The minimum Gasteiger partial charge on any atom is -0.328 e. The summed E-state index contributed by atoms with van der Waals surface area (Å²) in [6, 6.07) is 15.9. The number of carbonyl (C=O) groups is 1. The highest BCUT2D eigenvalue weighted by atomic mass is 16.1. The summed E-state index contributed by atoms with van der Waals surface area (Å²) in [5.74, 6) is 0. The topological polar surface area (TPSA) is 29.1 Å². The zero-order chi connectivity index (χ0) is 12.8. The van der Waals surface area contributed by atoms with E-state index in [4.69, 9.17) is 0 Å². The number of carbonyl (C=O) groups excluding carboxylic acids is 1. The summed E-state index contributed by atoms with van der Waals surface area (Å²) < 4.78 is 0. The highest BCUT2D eigenvalue weighted by Gasteiger charge is 1.97. The van der Waals surface area contributed by atoms with Crippen molar-refractivity contribution in [2.75, 3.05) is 5.32 Å². The van der Waals surface area contributed by atoms with Gasteiger partial charge >= 0.3 is 0 Å². The van der Waals surface area contributed by atoms with Crippen molar-refractivity contribution in [1.82, 2.24) is 0 Å². The van der Waals surface area contributed by atoms with Crippen LogP contribution >= 0.6 is 0 Å². The monoisotopic (exact) mass is 237 g/mol. The van der Waals surface area contributed by atoms with Gasteiger partial charge in [-0.1, -0.05) is 54.6 Å². The van der Waals surface area contributed by atoms with Crippen LogP contribution in [0.1, 0.15) is 16.7 Å². The van der Waals surface area contributed by atoms with Gasteiger partial charge in [-0.3, -0.25) is 4.79 Å². The molecule has 2 rings (SSSR count). The average molecular weight is 237 g/mol. The fraction of sp³-hybridized carbons (Fsp3) is 0.0625. The number of rotatable bonds is 4. The van der Waals surface area contributed by atoms with Crippen LogP contribution < -0.4 is 5.32 Å². The maximum Gasteiger partial charge on any atom is 0.211 e. The summed E-state index contributed by atoms with van der Waals surface area (Å²) in [6.45, 7) is 2.08. The van der Waals surface area contributed by atoms with Crippen molar-refractivity contribution in [3.05, 3.63) is 65.2 Å². The summed E-state index contributed by atoms with van der Waals surface area (Å²) in [4.78, 5) is 10.5. The first-order valence-electron chi connectivity index (χ1n) is 5.84. The Morgan fingerprint density at radius 2 is 1.50 bits per heavy atom. The SMILES string of the molecule is Cc1ccccc1/C=C\c1ccccc1NC=O. The van der Waals surface area contributed by atoms with Gasteiger partial charge in [-0.05, 0) is 29.7 Å². The lowest BCUT2D eigenvalue weighted by Gasteiger charge is -2.04. The standard InChI is InChI=1S/C16H15NO/c1-13-6-2-3-7-14(13)10-11-15-8-4-5-9-16(15)17-12-18/h2-12H,1H3,(H,17,18)/b11-10-. The first kappa shape index (κ1) is 12.1. The zero-order valence-corrected chi connectivity index (χ0v) is 10.3. The van der Waals surface area contributed by atoms with Crippen molar-refractivity contribution in [3.63, 3.8) is 0 Å². The van der Waals surface area contributed by atoms with E-state index in [1.165, 1.54) is 11.1 Å². The van der Waals surface area contributed by atoms with Gasteiger partial charge in [0.1, 0.15) is 0 Å². The molecule has 0 atom stereocenters. The fourth-order valence-corrected chi connectivity index (χ4v) is 1.79. The number of para-hydroxylation sites is 1. The molecule has 0 saturated heterocycles. The van der Waals surface area contributed by atoms with E-state index in [2.05, 4.69) is 30.4 Å². The number of benzene rings is 2. The zero-order valence-electron chi connectivity index (χ0n) is 10.3. The Morgan fingerprint density at radius 1 is 0.889 bits per heavy atom. The molecule has 1 N–H and O–H groups in total. The van der Waals surface area contributed by atoms with E-state index >= 15 is 0 Å². The van der Waals surface area contributed by atoms with Crippen LogP contribution in [0.5, 0.6) is 0 Å². The molecule has 0 aliphatic rings. The summed E-state index contributed by atoms with van der Waals surface area (Å²) in [5, 5.41) is 2.70. The van der Waals surface area contributed by atoms with E-state index < -0.39 is 0 Å². The van der Waals surface area contributed by atoms with Gasteiger partial charge < -0.3 is 5.32 Å². The second kappa shape index (κ2) is 5.82.